The Kier molecular flexibility index (Phi) is 2.30. The first kappa shape index (κ1) is 11.4. The average molecular weight is 259 g/mol. The molecule has 2 bridgehead atoms. The molecule has 3 fully saturated rings. The Labute approximate surface area is 112 Å². The van der Waals surface area contributed by atoms with Crippen LogP contribution in [-0.2, 0) is 10.2 Å². The number of carbonyl (C=O) groups is 1. The highest BCUT2D eigenvalue weighted by Crippen LogP contribution is 2.52. The molecule has 19 heavy (non-hydrogen) atoms. The molecule has 2 nitrogen and oxygen atoms in total. The van der Waals surface area contributed by atoms with Crippen molar-refractivity contribution in [1.29, 1.82) is 0 Å². The van der Waals surface area contributed by atoms with Crippen LogP contribution in [0.15, 0.2) is 24.3 Å². The molecule has 0 aromatic heterocycles. The second-order valence-electron chi connectivity index (χ2n) is 6.38. The summed E-state index contributed by atoms with van der Waals surface area (Å²) in [7, 11) is 0. The lowest BCUT2D eigenvalue weighted by atomic mass is 9.93. The highest BCUT2D eigenvalue weighted by molar-refractivity contribution is 5.91. The lowest BCUT2D eigenvalue weighted by molar-refractivity contribution is -0.135. The molecule has 1 heterocycles. The highest BCUT2D eigenvalue weighted by Gasteiger charge is 2.56. The fourth-order valence-electron chi connectivity index (χ4n) is 3.99. The molecule has 3 heteroatoms. The van der Waals surface area contributed by atoms with E-state index >= 15 is 0 Å². The molecule has 3 aliphatic rings. The van der Waals surface area contributed by atoms with Crippen LogP contribution in [0.1, 0.15) is 37.7 Å². The number of hydrogen-bond acceptors (Lipinski definition) is 1. The van der Waals surface area contributed by atoms with Gasteiger partial charge in [-0.2, -0.15) is 0 Å². The number of halogens is 1. The number of likely N-dealkylation sites (tertiary alicyclic amines) is 1. The molecule has 0 spiro atoms. The van der Waals surface area contributed by atoms with Gasteiger partial charge in [0.05, 0.1) is 5.41 Å². The van der Waals surface area contributed by atoms with Gasteiger partial charge in [0.15, 0.2) is 0 Å². The fraction of sp³-hybridized carbons (Fsp3) is 0.562. The number of piperidine rings is 1. The molecular formula is C16H18FNO. The monoisotopic (exact) mass is 259 g/mol. The summed E-state index contributed by atoms with van der Waals surface area (Å²) in [5, 5.41) is 0. The zero-order valence-electron chi connectivity index (χ0n) is 10.9. The van der Waals surface area contributed by atoms with Crippen LogP contribution in [0.25, 0.3) is 0 Å². The maximum absolute atomic E-state index is 13.4. The molecule has 0 N–H and O–H groups in total. The Morgan fingerprint density at radius 2 is 2.16 bits per heavy atom. The van der Waals surface area contributed by atoms with Crippen molar-refractivity contribution < 1.29 is 9.18 Å². The van der Waals surface area contributed by atoms with Gasteiger partial charge in [-0.25, -0.2) is 4.39 Å². The van der Waals surface area contributed by atoms with E-state index in [1.165, 1.54) is 18.9 Å². The summed E-state index contributed by atoms with van der Waals surface area (Å²) in [6.45, 7) is 0.931. The smallest absolute Gasteiger partial charge is 0.233 e. The van der Waals surface area contributed by atoms with Gasteiger partial charge in [0.1, 0.15) is 5.82 Å². The van der Waals surface area contributed by atoms with Gasteiger partial charge in [0, 0.05) is 12.6 Å². The van der Waals surface area contributed by atoms with E-state index in [-0.39, 0.29) is 11.7 Å². The van der Waals surface area contributed by atoms with Crippen LogP contribution in [0.2, 0.25) is 0 Å². The average Bonchev–Trinajstić information content (AvgIpc) is 2.96. The number of rotatable bonds is 2. The molecule has 2 unspecified atom stereocenters. The van der Waals surface area contributed by atoms with Crippen molar-refractivity contribution in [3.05, 3.63) is 35.6 Å². The van der Waals surface area contributed by atoms with Crippen molar-refractivity contribution >= 4 is 5.91 Å². The van der Waals surface area contributed by atoms with E-state index in [4.69, 9.17) is 0 Å². The van der Waals surface area contributed by atoms with Crippen molar-refractivity contribution in [1.82, 2.24) is 4.90 Å². The normalized spacial score (nSPS) is 30.7. The van der Waals surface area contributed by atoms with Crippen molar-refractivity contribution in [3.8, 4) is 0 Å². The second kappa shape index (κ2) is 3.81. The molecule has 1 amide bonds. The molecule has 2 aliphatic carbocycles. The zero-order valence-corrected chi connectivity index (χ0v) is 10.9. The summed E-state index contributed by atoms with van der Waals surface area (Å²) >= 11 is 0. The Morgan fingerprint density at radius 3 is 2.74 bits per heavy atom. The largest absolute Gasteiger partial charge is 0.339 e. The minimum atomic E-state index is -0.396. The van der Waals surface area contributed by atoms with Crippen LogP contribution in [0, 0.1) is 11.7 Å². The molecule has 2 atom stereocenters. The van der Waals surface area contributed by atoms with Gasteiger partial charge in [0.25, 0.3) is 0 Å². The Morgan fingerprint density at radius 1 is 1.32 bits per heavy atom. The third-order valence-electron chi connectivity index (χ3n) is 5.21. The summed E-state index contributed by atoms with van der Waals surface area (Å²) in [4.78, 5) is 14.9. The minimum Gasteiger partial charge on any atom is -0.339 e. The van der Waals surface area contributed by atoms with Crippen LogP contribution in [0.5, 0.6) is 0 Å². The van der Waals surface area contributed by atoms with E-state index in [1.54, 1.807) is 12.1 Å². The van der Waals surface area contributed by atoms with Crippen LogP contribution in [0.4, 0.5) is 4.39 Å². The van der Waals surface area contributed by atoms with Crippen molar-refractivity contribution in [3.63, 3.8) is 0 Å². The summed E-state index contributed by atoms with van der Waals surface area (Å²) in [5.41, 5.74) is 0.479. The van der Waals surface area contributed by atoms with Crippen LogP contribution in [-0.4, -0.2) is 23.4 Å². The maximum Gasteiger partial charge on any atom is 0.233 e. The quantitative estimate of drug-likeness (QED) is 0.799. The Hall–Kier alpha value is -1.38. The number of nitrogens with zero attached hydrogens (tertiary/aromatic N) is 1. The van der Waals surface area contributed by atoms with E-state index in [2.05, 4.69) is 4.90 Å². The first-order valence-electron chi connectivity index (χ1n) is 7.26. The summed E-state index contributed by atoms with van der Waals surface area (Å²) in [6.07, 6.45) is 5.38. The third-order valence-corrected chi connectivity index (χ3v) is 5.21. The predicted molar refractivity (Wildman–Crippen MR) is 70.2 cm³/mol. The lowest BCUT2D eigenvalue weighted by Crippen LogP contribution is -2.43. The number of carbonyl (C=O) groups excluding carboxylic acids is 1. The van der Waals surface area contributed by atoms with Gasteiger partial charge < -0.3 is 4.90 Å². The highest BCUT2D eigenvalue weighted by atomic mass is 19.1. The molecule has 1 aromatic carbocycles. The Balaban J connectivity index is 1.63. The summed E-state index contributed by atoms with van der Waals surface area (Å²) in [6, 6.07) is 7.07. The number of amides is 1. The van der Waals surface area contributed by atoms with Gasteiger partial charge >= 0.3 is 0 Å². The first-order valence-corrected chi connectivity index (χ1v) is 7.26. The molecule has 100 valence electrons. The summed E-state index contributed by atoms with van der Waals surface area (Å²) < 4.78 is 13.4. The van der Waals surface area contributed by atoms with Crippen molar-refractivity contribution in [2.24, 2.45) is 5.92 Å². The van der Waals surface area contributed by atoms with Gasteiger partial charge in [-0.05, 0) is 55.7 Å². The van der Waals surface area contributed by atoms with E-state index in [9.17, 15) is 9.18 Å². The number of benzene rings is 1. The van der Waals surface area contributed by atoms with Gasteiger partial charge in [-0.15, -0.1) is 0 Å². The summed E-state index contributed by atoms with van der Waals surface area (Å²) in [5.74, 6) is 0.738. The second-order valence-corrected chi connectivity index (χ2v) is 6.38. The van der Waals surface area contributed by atoms with Gasteiger partial charge in [-0.1, -0.05) is 12.1 Å². The van der Waals surface area contributed by atoms with E-state index in [0.717, 1.165) is 37.3 Å². The standard InChI is InChI=1S/C16H18FNO/c17-13-3-1-2-12(9-13)16(6-7-16)15(19)18-10-11-4-5-14(18)8-11/h1-3,9,11,14H,4-8,10H2. The molecular weight excluding hydrogens is 241 g/mol. The predicted octanol–water partition coefficient (Wildman–Crippen LogP) is 2.87. The van der Waals surface area contributed by atoms with Crippen molar-refractivity contribution in [2.45, 2.75) is 43.6 Å². The van der Waals surface area contributed by atoms with Crippen LogP contribution < -0.4 is 0 Å². The minimum absolute atomic E-state index is 0.237. The molecule has 1 saturated heterocycles. The van der Waals surface area contributed by atoms with E-state index < -0.39 is 5.41 Å². The van der Waals surface area contributed by atoms with Crippen LogP contribution >= 0.6 is 0 Å². The fourth-order valence-corrected chi connectivity index (χ4v) is 3.99. The topological polar surface area (TPSA) is 20.3 Å². The molecule has 4 rings (SSSR count). The number of hydrogen-bond donors (Lipinski definition) is 0. The molecule has 1 aliphatic heterocycles. The first-order chi connectivity index (χ1) is 9.19. The van der Waals surface area contributed by atoms with Crippen LogP contribution in [0.3, 0.4) is 0 Å². The lowest BCUT2D eigenvalue weighted by Gasteiger charge is -2.31. The van der Waals surface area contributed by atoms with Gasteiger partial charge in [-0.3, -0.25) is 4.79 Å². The number of fused-ring (bicyclic) bond motifs is 2. The van der Waals surface area contributed by atoms with Gasteiger partial charge in [0.2, 0.25) is 5.91 Å². The molecule has 2 saturated carbocycles. The zero-order chi connectivity index (χ0) is 13.0. The Bertz CT molecular complexity index is 537. The van der Waals surface area contributed by atoms with E-state index in [0.29, 0.717) is 6.04 Å². The maximum atomic E-state index is 13.4. The molecule has 0 radical (unpaired) electrons. The van der Waals surface area contributed by atoms with Crippen molar-refractivity contribution in [2.75, 3.05) is 6.54 Å². The van der Waals surface area contributed by atoms with E-state index in [1.807, 2.05) is 6.07 Å². The third kappa shape index (κ3) is 1.63. The molecule has 1 aromatic rings. The SMILES string of the molecule is O=C(N1CC2CCC1C2)C1(c2cccc(F)c2)CC1.